The van der Waals surface area contributed by atoms with Gasteiger partial charge in [0.2, 0.25) is 0 Å². The molecule has 3 fully saturated rings. The summed E-state index contributed by atoms with van der Waals surface area (Å²) >= 11 is 0. The molecule has 0 radical (unpaired) electrons. The van der Waals surface area contributed by atoms with E-state index < -0.39 is 0 Å². The molecule has 1 heteroatoms. The minimum atomic E-state index is 0.444. The summed E-state index contributed by atoms with van der Waals surface area (Å²) < 4.78 is 6.38. The lowest BCUT2D eigenvalue weighted by Crippen LogP contribution is -2.51. The van der Waals surface area contributed by atoms with Crippen LogP contribution in [-0.2, 0) is 4.74 Å². The van der Waals surface area contributed by atoms with Crippen molar-refractivity contribution in [2.75, 3.05) is 6.61 Å². The van der Waals surface area contributed by atoms with Gasteiger partial charge >= 0.3 is 0 Å². The van der Waals surface area contributed by atoms with Gasteiger partial charge in [-0.3, -0.25) is 0 Å². The van der Waals surface area contributed by atoms with E-state index in [1.807, 2.05) is 6.08 Å². The van der Waals surface area contributed by atoms with Crippen LogP contribution < -0.4 is 0 Å². The third-order valence-electron chi connectivity index (χ3n) is 11.5. The van der Waals surface area contributed by atoms with Gasteiger partial charge in [0.1, 0.15) is 0 Å². The van der Waals surface area contributed by atoms with Crippen molar-refractivity contribution in [1.82, 2.24) is 0 Å². The molecule has 0 spiro atoms. The second-order valence-corrected chi connectivity index (χ2v) is 13.9. The van der Waals surface area contributed by atoms with Crippen molar-refractivity contribution in [2.45, 2.75) is 131 Å². The van der Waals surface area contributed by atoms with Gasteiger partial charge in [0.15, 0.2) is 0 Å². The largest absolute Gasteiger partial charge is 0.378 e. The van der Waals surface area contributed by atoms with Gasteiger partial charge in [-0.25, -0.2) is 0 Å². The van der Waals surface area contributed by atoms with Crippen LogP contribution in [0.1, 0.15) is 125 Å². The molecule has 0 N–H and O–H groups in total. The molecule has 0 amide bonds. The SMILES string of the molecule is C=C=CCCCCO[C@H]1CC[C@@]2(C)C(=CC[C@H]3[C@@H]4CC[C@H]([C@H](C)CCCC(C)C)[C@@]4(C)CC[C@@H]32)C1. The Morgan fingerprint density at radius 2 is 1.86 bits per heavy atom. The van der Waals surface area contributed by atoms with Crippen LogP contribution in [0.25, 0.3) is 0 Å². The Bertz CT molecular complexity index is 771. The molecule has 0 aromatic carbocycles. The molecule has 0 aromatic rings. The van der Waals surface area contributed by atoms with Gasteiger partial charge in [0.05, 0.1) is 6.10 Å². The van der Waals surface area contributed by atoms with E-state index in [1.54, 1.807) is 5.57 Å². The zero-order valence-corrected chi connectivity index (χ0v) is 23.9. The van der Waals surface area contributed by atoms with E-state index >= 15 is 0 Å². The normalized spacial score (nSPS) is 39.3. The fraction of sp³-hybridized carbons (Fsp3) is 0.853. The maximum Gasteiger partial charge on any atom is 0.0612 e. The standard InChI is InChI=1S/C34H56O/c1-7-8-9-10-11-23-35-28-19-21-33(5)27(24-28)15-16-29-31-18-17-30(26(4)14-12-13-25(2)3)34(31,6)22-20-32(29)33/h8,15,25-26,28-32H,1,9-14,16-24H2,2-6H3/t26-,28+,29+,30-,31+,32+,33+,34-/m1/s1. The quantitative estimate of drug-likeness (QED) is 0.162. The van der Waals surface area contributed by atoms with Gasteiger partial charge in [0, 0.05) is 6.61 Å². The van der Waals surface area contributed by atoms with Crippen molar-refractivity contribution in [1.29, 1.82) is 0 Å². The van der Waals surface area contributed by atoms with Gasteiger partial charge in [0.25, 0.3) is 0 Å². The molecule has 198 valence electrons. The molecule has 3 saturated carbocycles. The maximum atomic E-state index is 6.38. The van der Waals surface area contributed by atoms with E-state index in [2.05, 4.69) is 53.0 Å². The molecule has 35 heavy (non-hydrogen) atoms. The molecule has 0 aliphatic heterocycles. The Morgan fingerprint density at radius 3 is 2.63 bits per heavy atom. The molecular weight excluding hydrogens is 424 g/mol. The number of hydrogen-bond acceptors (Lipinski definition) is 1. The summed E-state index contributed by atoms with van der Waals surface area (Å²) in [7, 11) is 0. The Balaban J connectivity index is 1.35. The minimum Gasteiger partial charge on any atom is -0.378 e. The Kier molecular flexibility index (Phi) is 9.14. The fourth-order valence-corrected chi connectivity index (χ4v) is 9.49. The Hall–Kier alpha value is -0.780. The molecular formula is C34H56O. The van der Waals surface area contributed by atoms with Gasteiger partial charge in [-0.15, -0.1) is 5.73 Å². The van der Waals surface area contributed by atoms with Crippen LogP contribution in [-0.4, -0.2) is 12.7 Å². The third-order valence-corrected chi connectivity index (χ3v) is 11.5. The number of hydrogen-bond donors (Lipinski definition) is 0. The van der Waals surface area contributed by atoms with Crippen LogP contribution in [0, 0.1) is 46.3 Å². The lowest BCUT2D eigenvalue weighted by Gasteiger charge is -2.58. The van der Waals surface area contributed by atoms with E-state index in [0.29, 0.717) is 16.9 Å². The maximum absolute atomic E-state index is 6.38. The summed E-state index contributed by atoms with van der Waals surface area (Å²) in [5, 5.41) is 0. The Morgan fingerprint density at radius 1 is 1.03 bits per heavy atom. The van der Waals surface area contributed by atoms with Gasteiger partial charge in [-0.2, -0.15) is 0 Å². The molecule has 0 saturated heterocycles. The van der Waals surface area contributed by atoms with Crippen LogP contribution in [0.3, 0.4) is 0 Å². The highest BCUT2D eigenvalue weighted by Gasteiger charge is 2.59. The minimum absolute atomic E-state index is 0.444. The zero-order valence-electron chi connectivity index (χ0n) is 23.9. The average molecular weight is 481 g/mol. The van der Waals surface area contributed by atoms with Crippen molar-refractivity contribution < 1.29 is 4.74 Å². The highest BCUT2D eigenvalue weighted by molar-refractivity contribution is 5.25. The lowest BCUT2D eigenvalue weighted by molar-refractivity contribution is -0.0641. The van der Waals surface area contributed by atoms with Crippen LogP contribution in [0.4, 0.5) is 0 Å². The first-order chi connectivity index (χ1) is 16.8. The number of rotatable bonds is 11. The monoisotopic (exact) mass is 480 g/mol. The van der Waals surface area contributed by atoms with E-state index in [4.69, 9.17) is 4.74 Å². The van der Waals surface area contributed by atoms with Gasteiger partial charge in [-0.1, -0.05) is 72.1 Å². The smallest absolute Gasteiger partial charge is 0.0612 e. The molecule has 4 aliphatic carbocycles. The number of unbranched alkanes of at least 4 members (excludes halogenated alkanes) is 2. The highest BCUT2D eigenvalue weighted by Crippen LogP contribution is 2.67. The van der Waals surface area contributed by atoms with Gasteiger partial charge < -0.3 is 4.74 Å². The van der Waals surface area contributed by atoms with Crippen molar-refractivity contribution in [3.63, 3.8) is 0 Å². The average Bonchev–Trinajstić information content (AvgIpc) is 3.18. The van der Waals surface area contributed by atoms with E-state index in [1.165, 1.54) is 77.0 Å². The van der Waals surface area contributed by atoms with Crippen molar-refractivity contribution in [3.8, 4) is 0 Å². The predicted octanol–water partition coefficient (Wildman–Crippen LogP) is 9.92. The molecule has 0 bridgehead atoms. The topological polar surface area (TPSA) is 9.23 Å². The number of ether oxygens (including phenoxy) is 1. The van der Waals surface area contributed by atoms with Crippen LogP contribution in [0.15, 0.2) is 30.0 Å². The molecule has 4 rings (SSSR count). The van der Waals surface area contributed by atoms with E-state index in [9.17, 15) is 0 Å². The van der Waals surface area contributed by atoms with Crippen molar-refractivity contribution in [2.24, 2.45) is 46.3 Å². The fourth-order valence-electron chi connectivity index (χ4n) is 9.49. The molecule has 0 unspecified atom stereocenters. The summed E-state index contributed by atoms with van der Waals surface area (Å²) in [5.41, 5.74) is 5.69. The summed E-state index contributed by atoms with van der Waals surface area (Å²) in [5.74, 6) is 5.55. The van der Waals surface area contributed by atoms with Crippen molar-refractivity contribution in [3.05, 3.63) is 30.0 Å². The van der Waals surface area contributed by atoms with E-state index in [-0.39, 0.29) is 0 Å². The number of fused-ring (bicyclic) bond motifs is 5. The summed E-state index contributed by atoms with van der Waals surface area (Å²) in [4.78, 5) is 0. The summed E-state index contributed by atoms with van der Waals surface area (Å²) in [6.45, 7) is 17.3. The molecule has 4 aliphatic rings. The highest BCUT2D eigenvalue weighted by atomic mass is 16.5. The predicted molar refractivity (Wildman–Crippen MR) is 150 cm³/mol. The second-order valence-electron chi connectivity index (χ2n) is 13.9. The third kappa shape index (κ3) is 5.72. The summed E-state index contributed by atoms with van der Waals surface area (Å²) in [6, 6.07) is 0. The molecule has 0 heterocycles. The number of allylic oxidation sites excluding steroid dienone is 2. The first-order valence-electron chi connectivity index (χ1n) is 15.4. The first kappa shape index (κ1) is 27.3. The zero-order chi connectivity index (χ0) is 25.1. The Labute approximate surface area is 218 Å². The molecule has 0 aromatic heterocycles. The summed E-state index contributed by atoms with van der Waals surface area (Å²) in [6.07, 6.45) is 24.1. The van der Waals surface area contributed by atoms with Crippen LogP contribution in [0.5, 0.6) is 0 Å². The van der Waals surface area contributed by atoms with Crippen molar-refractivity contribution >= 4 is 0 Å². The van der Waals surface area contributed by atoms with E-state index in [0.717, 1.165) is 55.0 Å². The van der Waals surface area contributed by atoms with Crippen LogP contribution >= 0.6 is 0 Å². The first-order valence-corrected chi connectivity index (χ1v) is 15.4. The molecule has 1 nitrogen and oxygen atoms in total. The second kappa shape index (κ2) is 11.7. The van der Waals surface area contributed by atoms with Gasteiger partial charge in [-0.05, 0) is 123 Å². The lowest BCUT2D eigenvalue weighted by atomic mass is 9.47. The van der Waals surface area contributed by atoms with Crippen LogP contribution in [0.2, 0.25) is 0 Å². The molecule has 8 atom stereocenters.